The number of fused-ring (bicyclic) bond motifs is 1. The van der Waals surface area contributed by atoms with Gasteiger partial charge < -0.3 is 20.6 Å². The van der Waals surface area contributed by atoms with Gasteiger partial charge in [0.1, 0.15) is 22.5 Å². The highest BCUT2D eigenvalue weighted by Gasteiger charge is 2.24. The van der Waals surface area contributed by atoms with Gasteiger partial charge in [0, 0.05) is 49.7 Å². The Morgan fingerprint density at radius 2 is 1.97 bits per heavy atom. The number of halogens is 1. The summed E-state index contributed by atoms with van der Waals surface area (Å²) in [4.78, 5) is 24.8. The van der Waals surface area contributed by atoms with Crippen molar-refractivity contribution in [1.82, 2.24) is 25.1 Å². The van der Waals surface area contributed by atoms with Crippen LogP contribution in [0.25, 0.3) is 22.3 Å². The molecule has 1 aliphatic rings. The maximum Gasteiger partial charge on any atom is 0.247 e. The summed E-state index contributed by atoms with van der Waals surface area (Å²) < 4.78 is 15.1. The van der Waals surface area contributed by atoms with Crippen LogP contribution in [0.3, 0.4) is 0 Å². The first kappa shape index (κ1) is 26.3. The molecule has 0 bridgehead atoms. The zero-order valence-corrected chi connectivity index (χ0v) is 21.9. The number of carbonyl (C=O) groups is 1. The van der Waals surface area contributed by atoms with Crippen molar-refractivity contribution in [2.75, 3.05) is 48.3 Å². The molecule has 2 aromatic heterocycles. The quantitative estimate of drug-likeness (QED) is 0.253. The van der Waals surface area contributed by atoms with Gasteiger partial charge in [-0.25, -0.2) is 14.4 Å². The molecular formula is C28H31FN8O2. The number of rotatable bonds is 8. The maximum atomic E-state index is 15.1. The number of aromatic amines is 1. The second kappa shape index (κ2) is 10.8. The fourth-order valence-electron chi connectivity index (χ4n) is 4.68. The number of hydrogen-bond donors (Lipinski definition) is 4. The van der Waals surface area contributed by atoms with Crippen molar-refractivity contribution in [3.8, 4) is 11.3 Å². The molecule has 1 saturated heterocycles. The largest absolute Gasteiger partial charge is 0.389 e. The second-order valence-electron chi connectivity index (χ2n) is 10.2. The van der Waals surface area contributed by atoms with Crippen LogP contribution in [0.1, 0.15) is 13.8 Å². The van der Waals surface area contributed by atoms with Crippen LogP contribution < -0.4 is 15.5 Å². The third-order valence-electron chi connectivity index (χ3n) is 6.42. The normalized spacial score (nSPS) is 14.4. The Labute approximate surface area is 225 Å². The number of hydrogen-bond acceptors (Lipinski definition) is 8. The number of β-amino-alcohol motifs (C(OH)–C–C–N with tert-alkyl or cyclic N) is 1. The molecule has 0 radical (unpaired) electrons. The summed E-state index contributed by atoms with van der Waals surface area (Å²) in [6.07, 6.45) is 2.82. The van der Waals surface area contributed by atoms with E-state index >= 15 is 4.39 Å². The summed E-state index contributed by atoms with van der Waals surface area (Å²) in [5.74, 6) is -0.341. The van der Waals surface area contributed by atoms with Crippen molar-refractivity contribution in [2.24, 2.45) is 0 Å². The lowest BCUT2D eigenvalue weighted by atomic mass is 10.1. The van der Waals surface area contributed by atoms with Crippen LogP contribution in [0.2, 0.25) is 0 Å². The molecule has 3 heterocycles. The Hall–Kier alpha value is -4.35. The number of nitrogens with one attached hydrogen (secondary N) is 3. The summed E-state index contributed by atoms with van der Waals surface area (Å²) >= 11 is 0. The van der Waals surface area contributed by atoms with Crippen LogP contribution in [0.4, 0.5) is 27.4 Å². The number of aliphatic hydroxyl groups is 1. The van der Waals surface area contributed by atoms with Gasteiger partial charge in [0.15, 0.2) is 0 Å². The highest BCUT2D eigenvalue weighted by molar-refractivity contribution is 5.99. The van der Waals surface area contributed by atoms with Crippen LogP contribution in [-0.4, -0.2) is 74.4 Å². The molecule has 0 saturated carbocycles. The minimum absolute atomic E-state index is 0.300. The number of amides is 1. The molecule has 2 aromatic carbocycles. The van der Waals surface area contributed by atoms with Gasteiger partial charge in [0.2, 0.25) is 11.9 Å². The lowest BCUT2D eigenvalue weighted by Gasteiger charge is -2.38. The molecule has 1 fully saturated rings. The van der Waals surface area contributed by atoms with Crippen LogP contribution in [-0.2, 0) is 4.79 Å². The number of anilines is 4. The van der Waals surface area contributed by atoms with Gasteiger partial charge in [-0.2, -0.15) is 5.10 Å². The van der Waals surface area contributed by atoms with E-state index in [1.54, 1.807) is 44.3 Å². The zero-order chi connectivity index (χ0) is 27.6. The van der Waals surface area contributed by atoms with Crippen molar-refractivity contribution in [2.45, 2.75) is 19.4 Å². The molecule has 1 aliphatic heterocycles. The van der Waals surface area contributed by atoms with Crippen molar-refractivity contribution < 1.29 is 14.3 Å². The summed E-state index contributed by atoms with van der Waals surface area (Å²) in [5, 5.41) is 23.2. The van der Waals surface area contributed by atoms with Crippen LogP contribution >= 0.6 is 0 Å². The molecule has 10 nitrogen and oxygen atoms in total. The Bertz CT molecular complexity index is 1510. The van der Waals surface area contributed by atoms with E-state index in [2.05, 4.69) is 42.3 Å². The van der Waals surface area contributed by atoms with Crippen molar-refractivity contribution in [1.29, 1.82) is 0 Å². The lowest BCUT2D eigenvalue weighted by molar-refractivity contribution is -0.111. The highest BCUT2D eigenvalue weighted by atomic mass is 19.1. The number of benzene rings is 2. The number of aromatic nitrogens is 4. The van der Waals surface area contributed by atoms with Gasteiger partial charge in [0.25, 0.3) is 0 Å². The predicted molar refractivity (Wildman–Crippen MR) is 151 cm³/mol. The van der Waals surface area contributed by atoms with Crippen molar-refractivity contribution in [3.05, 3.63) is 67.1 Å². The van der Waals surface area contributed by atoms with Crippen LogP contribution in [0, 0.1) is 5.82 Å². The molecule has 1 amide bonds. The first-order valence-electron chi connectivity index (χ1n) is 12.7. The van der Waals surface area contributed by atoms with E-state index in [9.17, 15) is 9.90 Å². The highest BCUT2D eigenvalue weighted by Crippen LogP contribution is 2.29. The summed E-state index contributed by atoms with van der Waals surface area (Å²) in [7, 11) is 0. The fourth-order valence-corrected chi connectivity index (χ4v) is 4.68. The third kappa shape index (κ3) is 6.21. The molecule has 0 atom stereocenters. The van der Waals surface area contributed by atoms with Gasteiger partial charge >= 0.3 is 0 Å². The maximum absolute atomic E-state index is 15.1. The van der Waals surface area contributed by atoms with Gasteiger partial charge in [-0.1, -0.05) is 18.7 Å². The van der Waals surface area contributed by atoms with Crippen LogP contribution in [0.15, 0.2) is 61.3 Å². The lowest BCUT2D eigenvalue weighted by Crippen LogP contribution is -2.50. The Balaban J connectivity index is 1.31. The monoisotopic (exact) mass is 530 g/mol. The van der Waals surface area contributed by atoms with Crippen LogP contribution in [0.5, 0.6) is 0 Å². The molecule has 0 unspecified atom stereocenters. The van der Waals surface area contributed by atoms with E-state index in [4.69, 9.17) is 0 Å². The average molecular weight is 531 g/mol. The van der Waals surface area contributed by atoms with Gasteiger partial charge in [-0.15, -0.1) is 0 Å². The molecule has 0 aliphatic carbocycles. The summed E-state index contributed by atoms with van der Waals surface area (Å²) in [5.41, 5.74) is 3.49. The molecule has 39 heavy (non-hydrogen) atoms. The zero-order valence-electron chi connectivity index (χ0n) is 21.9. The first-order chi connectivity index (χ1) is 18.7. The molecule has 4 N–H and O–H groups in total. The third-order valence-corrected chi connectivity index (χ3v) is 6.42. The van der Waals surface area contributed by atoms with E-state index in [1.165, 1.54) is 12.1 Å². The molecule has 11 heteroatoms. The minimum atomic E-state index is -0.754. The standard InChI is InChI=1S/C28H31FN8O2/c1-4-24(38)31-19-7-5-6-18(14-19)25-26-22(34-35-25)16-30-27(33-26)32-20-8-9-23(21(29)15-20)37-12-10-36(11-13-37)17-28(2,3)39/h4-9,14-16,39H,1,10-13,17H2,2-3H3,(H,31,38)(H,34,35)(H,30,32,33). The number of piperazine rings is 1. The predicted octanol–water partition coefficient (Wildman–Crippen LogP) is 3.92. The number of H-pyrrole nitrogens is 1. The van der Waals surface area contributed by atoms with Crippen molar-refractivity contribution >= 4 is 40.0 Å². The first-order valence-corrected chi connectivity index (χ1v) is 12.7. The Morgan fingerprint density at radius 1 is 1.18 bits per heavy atom. The summed E-state index contributed by atoms with van der Waals surface area (Å²) in [6.45, 7) is 10.5. The van der Waals surface area contributed by atoms with Crippen molar-refractivity contribution in [3.63, 3.8) is 0 Å². The Morgan fingerprint density at radius 3 is 2.69 bits per heavy atom. The molecule has 5 rings (SSSR count). The number of carbonyl (C=O) groups excluding carboxylic acids is 1. The van der Waals surface area contributed by atoms with Gasteiger partial charge in [-0.05, 0) is 50.3 Å². The second-order valence-corrected chi connectivity index (χ2v) is 10.2. The topological polar surface area (TPSA) is 122 Å². The van der Waals surface area contributed by atoms with E-state index in [0.717, 1.165) is 18.7 Å². The van der Waals surface area contributed by atoms with E-state index < -0.39 is 5.60 Å². The molecular weight excluding hydrogens is 499 g/mol. The average Bonchev–Trinajstić information content (AvgIpc) is 3.32. The minimum Gasteiger partial charge on any atom is -0.389 e. The number of nitrogens with zero attached hydrogens (tertiary/aromatic N) is 5. The smallest absolute Gasteiger partial charge is 0.247 e. The summed E-state index contributed by atoms with van der Waals surface area (Å²) in [6, 6.07) is 12.2. The van der Waals surface area contributed by atoms with Gasteiger partial charge in [0.05, 0.1) is 17.5 Å². The SMILES string of the molecule is C=CC(=O)Nc1cccc(-c2n[nH]c3cnc(Nc4ccc(N5CCN(CC(C)(C)O)CC5)c(F)c4)nc23)c1. The molecule has 202 valence electrons. The fraction of sp³-hybridized carbons (Fsp3) is 0.286. The molecule has 4 aromatic rings. The van der Waals surface area contributed by atoms with E-state index in [-0.39, 0.29) is 11.7 Å². The molecule has 0 spiro atoms. The van der Waals surface area contributed by atoms with E-state index in [0.29, 0.717) is 59.4 Å². The Kier molecular flexibility index (Phi) is 7.27. The van der Waals surface area contributed by atoms with E-state index in [1.807, 2.05) is 17.0 Å². The van der Waals surface area contributed by atoms with Gasteiger partial charge in [-0.3, -0.25) is 14.8 Å².